The number of carbonyl (C=O) groups excluding carboxylic acids is 2. The van der Waals surface area contributed by atoms with Crippen molar-refractivity contribution in [1.29, 1.82) is 0 Å². The first-order chi connectivity index (χ1) is 8.61. The number of thiophene rings is 2. The zero-order valence-electron chi connectivity index (χ0n) is 8.97. The van der Waals surface area contributed by atoms with E-state index in [0.717, 1.165) is 0 Å². The van der Waals surface area contributed by atoms with Crippen LogP contribution in [0, 0.1) is 0 Å². The van der Waals surface area contributed by atoms with E-state index in [4.69, 9.17) is 16.7 Å². The van der Waals surface area contributed by atoms with Crippen LogP contribution in [0.5, 0.6) is 0 Å². The highest BCUT2D eigenvalue weighted by Crippen LogP contribution is 2.25. The van der Waals surface area contributed by atoms with Gasteiger partial charge in [0, 0.05) is 5.38 Å². The first-order valence-electron chi connectivity index (χ1n) is 4.88. The fourth-order valence-corrected chi connectivity index (χ4v) is 3.08. The zero-order chi connectivity index (χ0) is 13.1. The van der Waals surface area contributed by atoms with Gasteiger partial charge in [0.1, 0.15) is 11.5 Å². The van der Waals surface area contributed by atoms with Gasteiger partial charge in [-0.25, -0.2) is 0 Å². The largest absolute Gasteiger partial charge is 0.388 e. The Hall–Kier alpha value is -1.21. The molecule has 0 radical (unpaired) electrons. The summed E-state index contributed by atoms with van der Waals surface area (Å²) < 4.78 is 0. The molecule has 1 amide bonds. The molecule has 0 aliphatic rings. The van der Waals surface area contributed by atoms with Crippen LogP contribution in [0.4, 0.5) is 5.69 Å². The van der Waals surface area contributed by atoms with Crippen LogP contribution in [0.2, 0.25) is 5.02 Å². The van der Waals surface area contributed by atoms with E-state index in [2.05, 4.69) is 5.32 Å². The summed E-state index contributed by atoms with van der Waals surface area (Å²) in [6, 6.07) is 3.18. The van der Waals surface area contributed by atoms with Crippen LogP contribution in [0.3, 0.4) is 0 Å². The molecule has 0 aromatic carbocycles. The number of carbonyl (C=O) groups is 2. The van der Waals surface area contributed by atoms with Crippen LogP contribution in [0.1, 0.15) is 19.3 Å². The second kappa shape index (κ2) is 5.62. The van der Waals surface area contributed by atoms with Gasteiger partial charge in [0.15, 0.2) is 5.78 Å². The van der Waals surface area contributed by atoms with Gasteiger partial charge in [-0.1, -0.05) is 11.6 Å². The fraction of sp³-hybridized carbons (Fsp3) is 0.0909. The first kappa shape index (κ1) is 13.2. The average molecular weight is 302 g/mol. The minimum atomic E-state index is -0.537. The van der Waals surface area contributed by atoms with Crippen LogP contribution in [0.15, 0.2) is 22.9 Å². The maximum Gasteiger partial charge on any atom is 0.267 e. The van der Waals surface area contributed by atoms with E-state index in [0.29, 0.717) is 20.5 Å². The number of rotatable bonds is 4. The summed E-state index contributed by atoms with van der Waals surface area (Å²) in [6.45, 7) is -0.537. The quantitative estimate of drug-likeness (QED) is 0.853. The number of amides is 1. The molecule has 0 saturated carbocycles. The van der Waals surface area contributed by atoms with Gasteiger partial charge in [-0.15, -0.1) is 22.7 Å². The van der Waals surface area contributed by atoms with Gasteiger partial charge < -0.3 is 10.4 Å². The molecule has 0 bridgehead atoms. The lowest BCUT2D eigenvalue weighted by atomic mass is 10.3. The van der Waals surface area contributed by atoms with Crippen LogP contribution in [-0.2, 0) is 0 Å². The molecule has 0 aliphatic heterocycles. The second-order valence-corrected chi connectivity index (χ2v) is 5.57. The van der Waals surface area contributed by atoms with E-state index in [1.165, 1.54) is 28.7 Å². The topological polar surface area (TPSA) is 66.4 Å². The zero-order valence-corrected chi connectivity index (χ0v) is 11.4. The Labute approximate surface area is 116 Å². The van der Waals surface area contributed by atoms with Crippen molar-refractivity contribution in [1.82, 2.24) is 0 Å². The van der Waals surface area contributed by atoms with Gasteiger partial charge in [-0.2, -0.15) is 0 Å². The van der Waals surface area contributed by atoms with Gasteiger partial charge in [0.05, 0.1) is 15.6 Å². The van der Waals surface area contributed by atoms with Crippen LogP contribution >= 0.6 is 34.3 Å². The molecule has 0 aliphatic carbocycles. The summed E-state index contributed by atoms with van der Waals surface area (Å²) >= 11 is 8.26. The Morgan fingerprint density at radius 2 is 2.17 bits per heavy atom. The van der Waals surface area contributed by atoms with Crippen molar-refractivity contribution < 1.29 is 14.7 Å². The van der Waals surface area contributed by atoms with Gasteiger partial charge in [0.25, 0.3) is 5.91 Å². The molecule has 18 heavy (non-hydrogen) atoms. The van der Waals surface area contributed by atoms with E-state index in [1.807, 2.05) is 0 Å². The lowest BCUT2D eigenvalue weighted by molar-refractivity contribution is 0.0907. The van der Waals surface area contributed by atoms with Gasteiger partial charge in [-0.05, 0) is 17.5 Å². The summed E-state index contributed by atoms with van der Waals surface area (Å²) in [7, 11) is 0. The molecule has 94 valence electrons. The number of hydrogen-bond acceptors (Lipinski definition) is 5. The summed E-state index contributed by atoms with van der Waals surface area (Å²) in [6.07, 6.45) is 0. The Kier molecular flexibility index (Phi) is 4.13. The molecule has 0 fully saturated rings. The minimum Gasteiger partial charge on any atom is -0.388 e. The van der Waals surface area contributed by atoms with Crippen molar-refractivity contribution >= 4 is 51.7 Å². The van der Waals surface area contributed by atoms with Crippen molar-refractivity contribution in [2.24, 2.45) is 0 Å². The molecule has 0 spiro atoms. The predicted molar refractivity (Wildman–Crippen MR) is 73.0 cm³/mol. The molecule has 0 saturated heterocycles. The third-order valence-corrected chi connectivity index (χ3v) is 4.41. The Morgan fingerprint density at radius 3 is 2.78 bits per heavy atom. The normalized spacial score (nSPS) is 10.3. The van der Waals surface area contributed by atoms with Crippen LogP contribution in [-0.4, -0.2) is 23.4 Å². The van der Waals surface area contributed by atoms with E-state index < -0.39 is 6.61 Å². The molecule has 2 aromatic rings. The first-order valence-corrected chi connectivity index (χ1v) is 7.02. The summed E-state index contributed by atoms with van der Waals surface area (Å²) in [5, 5.41) is 15.1. The highest BCUT2D eigenvalue weighted by molar-refractivity contribution is 7.13. The van der Waals surface area contributed by atoms with Crippen LogP contribution < -0.4 is 5.32 Å². The van der Waals surface area contributed by atoms with Gasteiger partial charge in [-0.3, -0.25) is 9.59 Å². The lowest BCUT2D eigenvalue weighted by Gasteiger charge is -2.00. The number of ketones is 1. The Bertz CT molecular complexity index is 591. The molecule has 0 atom stereocenters. The number of halogens is 1. The highest BCUT2D eigenvalue weighted by atomic mass is 35.5. The van der Waals surface area contributed by atoms with Crippen LogP contribution in [0.25, 0.3) is 0 Å². The smallest absolute Gasteiger partial charge is 0.267 e. The maximum atomic E-state index is 11.8. The van der Waals surface area contributed by atoms with Gasteiger partial charge in [0.2, 0.25) is 0 Å². The standard InChI is InChI=1S/C11H8ClNO3S2/c12-7-1-2-17-10(7)11(16)13-6-3-9(18-5-6)8(15)4-14/h1-3,5,14H,4H2,(H,13,16). The van der Waals surface area contributed by atoms with E-state index in [1.54, 1.807) is 16.8 Å². The molecule has 7 heteroatoms. The fourth-order valence-electron chi connectivity index (χ4n) is 1.27. The van der Waals surface area contributed by atoms with Crippen molar-refractivity contribution in [3.63, 3.8) is 0 Å². The predicted octanol–water partition coefficient (Wildman–Crippen LogP) is 2.89. The summed E-state index contributed by atoms with van der Waals surface area (Å²) in [5.74, 6) is -0.676. The molecular formula is C11H8ClNO3S2. The number of Topliss-reactive ketones (excluding diaryl/α,β-unsaturated/α-hetero) is 1. The number of hydrogen-bond donors (Lipinski definition) is 2. The van der Waals surface area contributed by atoms with Gasteiger partial charge >= 0.3 is 0 Å². The lowest BCUT2D eigenvalue weighted by Crippen LogP contribution is -2.10. The third-order valence-electron chi connectivity index (χ3n) is 2.10. The van der Waals surface area contributed by atoms with E-state index >= 15 is 0 Å². The summed E-state index contributed by atoms with van der Waals surface area (Å²) in [4.78, 5) is 23.9. The molecule has 2 heterocycles. The highest BCUT2D eigenvalue weighted by Gasteiger charge is 2.14. The van der Waals surface area contributed by atoms with Crippen molar-refractivity contribution in [2.45, 2.75) is 0 Å². The molecule has 2 aromatic heterocycles. The van der Waals surface area contributed by atoms with Crippen molar-refractivity contribution in [2.75, 3.05) is 11.9 Å². The average Bonchev–Trinajstić information content (AvgIpc) is 2.97. The monoisotopic (exact) mass is 301 g/mol. The summed E-state index contributed by atoms with van der Waals surface area (Å²) in [5.41, 5.74) is 0.520. The van der Waals surface area contributed by atoms with E-state index in [-0.39, 0.29) is 11.7 Å². The number of nitrogens with one attached hydrogen (secondary N) is 1. The SMILES string of the molecule is O=C(CO)c1cc(NC(=O)c2sccc2Cl)cs1. The Balaban J connectivity index is 2.11. The number of anilines is 1. The minimum absolute atomic E-state index is 0.309. The number of aliphatic hydroxyl groups is 1. The molecule has 2 N–H and O–H groups in total. The second-order valence-electron chi connectivity index (χ2n) is 3.33. The Morgan fingerprint density at radius 1 is 1.39 bits per heavy atom. The van der Waals surface area contributed by atoms with E-state index in [9.17, 15) is 9.59 Å². The van der Waals surface area contributed by atoms with Crippen molar-refractivity contribution in [3.8, 4) is 0 Å². The maximum absolute atomic E-state index is 11.8. The third kappa shape index (κ3) is 2.78. The molecule has 2 rings (SSSR count). The van der Waals surface area contributed by atoms with Crippen molar-refractivity contribution in [3.05, 3.63) is 37.7 Å². The number of aliphatic hydroxyl groups excluding tert-OH is 1. The molecule has 0 unspecified atom stereocenters. The molecule has 4 nitrogen and oxygen atoms in total. The molecular weight excluding hydrogens is 294 g/mol.